The summed E-state index contributed by atoms with van der Waals surface area (Å²) >= 11 is 3.19. The van der Waals surface area contributed by atoms with Crippen molar-refractivity contribution in [2.45, 2.75) is 23.1 Å². The van der Waals surface area contributed by atoms with Crippen LogP contribution in [0.1, 0.15) is 11.8 Å². The molecule has 94 valence electrons. The lowest BCUT2D eigenvalue weighted by Crippen LogP contribution is -2.32. The normalized spacial score (nSPS) is 28.5. The highest BCUT2D eigenvalue weighted by atomic mass is 127. The van der Waals surface area contributed by atoms with Crippen molar-refractivity contribution in [2.24, 2.45) is 0 Å². The van der Waals surface area contributed by atoms with Crippen LogP contribution in [-0.4, -0.2) is 37.7 Å². The average molecular weight is 370 g/mol. The van der Waals surface area contributed by atoms with Crippen LogP contribution >= 0.6 is 34.4 Å². The molecular weight excluding hydrogens is 359 g/mol. The lowest BCUT2D eigenvalue weighted by atomic mass is 10.2. The van der Waals surface area contributed by atoms with E-state index < -0.39 is 17.4 Å². The van der Waals surface area contributed by atoms with Crippen molar-refractivity contribution in [3.8, 4) is 0 Å². The lowest BCUT2D eigenvalue weighted by Gasteiger charge is -2.12. The maximum Gasteiger partial charge on any atom is 0.329 e. The van der Waals surface area contributed by atoms with Gasteiger partial charge in [0.1, 0.15) is 0 Å². The Labute approximate surface area is 114 Å². The fourth-order valence-corrected chi connectivity index (χ4v) is 3.54. The monoisotopic (exact) mass is 370 g/mol. The van der Waals surface area contributed by atoms with Crippen molar-refractivity contribution >= 4 is 34.4 Å². The molecular formula is C9H11IN2O4S. The van der Waals surface area contributed by atoms with Gasteiger partial charge in [-0.1, -0.05) is 0 Å². The van der Waals surface area contributed by atoms with Gasteiger partial charge in [-0.3, -0.25) is 14.3 Å². The molecule has 1 fully saturated rings. The Balaban J connectivity index is 2.34. The van der Waals surface area contributed by atoms with Gasteiger partial charge in [-0.25, -0.2) is 4.79 Å². The summed E-state index contributed by atoms with van der Waals surface area (Å²) < 4.78 is 1.82. The van der Waals surface area contributed by atoms with E-state index in [4.69, 9.17) is 5.11 Å². The van der Waals surface area contributed by atoms with Gasteiger partial charge in [0, 0.05) is 12.6 Å². The number of hydrogen-bond acceptors (Lipinski definition) is 5. The molecule has 2 heterocycles. The SMILES string of the molecule is O=c1[nH]c(=O)n([C@H]2C[C@H](O)[C@H](CO)S2)cc1I. The smallest absolute Gasteiger partial charge is 0.329 e. The van der Waals surface area contributed by atoms with Gasteiger partial charge in [-0.15, -0.1) is 11.8 Å². The molecule has 0 saturated carbocycles. The van der Waals surface area contributed by atoms with Gasteiger partial charge in [0.2, 0.25) is 0 Å². The molecule has 1 saturated heterocycles. The van der Waals surface area contributed by atoms with Crippen molar-refractivity contribution in [3.05, 3.63) is 30.6 Å². The Morgan fingerprint density at radius 2 is 2.29 bits per heavy atom. The van der Waals surface area contributed by atoms with E-state index in [0.717, 1.165) is 0 Å². The molecule has 1 aromatic rings. The van der Waals surface area contributed by atoms with Gasteiger partial charge < -0.3 is 10.2 Å². The van der Waals surface area contributed by atoms with E-state index in [1.807, 2.05) is 22.6 Å². The van der Waals surface area contributed by atoms with Crippen LogP contribution in [0.4, 0.5) is 0 Å². The van der Waals surface area contributed by atoms with Crippen LogP contribution in [0.15, 0.2) is 15.8 Å². The molecule has 0 amide bonds. The molecule has 0 bridgehead atoms. The van der Waals surface area contributed by atoms with Crippen molar-refractivity contribution in [1.29, 1.82) is 0 Å². The largest absolute Gasteiger partial charge is 0.395 e. The number of nitrogens with one attached hydrogen (secondary N) is 1. The zero-order chi connectivity index (χ0) is 12.6. The minimum absolute atomic E-state index is 0.127. The molecule has 0 aromatic carbocycles. The van der Waals surface area contributed by atoms with Gasteiger partial charge in [-0.05, 0) is 22.6 Å². The van der Waals surface area contributed by atoms with Gasteiger partial charge in [0.05, 0.1) is 26.9 Å². The third-order valence-electron chi connectivity index (χ3n) is 2.62. The first-order chi connectivity index (χ1) is 8.02. The van der Waals surface area contributed by atoms with Crippen LogP contribution in [0.3, 0.4) is 0 Å². The second kappa shape index (κ2) is 5.12. The van der Waals surface area contributed by atoms with E-state index in [1.165, 1.54) is 22.5 Å². The molecule has 1 aliphatic rings. The number of aliphatic hydroxyl groups excluding tert-OH is 2. The highest BCUT2D eigenvalue weighted by Crippen LogP contribution is 2.40. The zero-order valence-electron chi connectivity index (χ0n) is 8.67. The maximum absolute atomic E-state index is 11.6. The molecule has 2 rings (SSSR count). The summed E-state index contributed by atoms with van der Waals surface area (Å²) in [7, 11) is 0. The molecule has 8 heteroatoms. The van der Waals surface area contributed by atoms with E-state index >= 15 is 0 Å². The van der Waals surface area contributed by atoms with E-state index in [9.17, 15) is 14.7 Å². The molecule has 6 nitrogen and oxygen atoms in total. The third kappa shape index (κ3) is 2.59. The first kappa shape index (κ1) is 13.1. The van der Waals surface area contributed by atoms with Crippen molar-refractivity contribution in [1.82, 2.24) is 9.55 Å². The topological polar surface area (TPSA) is 95.3 Å². The number of aliphatic hydroxyl groups is 2. The van der Waals surface area contributed by atoms with E-state index in [-0.39, 0.29) is 17.2 Å². The van der Waals surface area contributed by atoms with Gasteiger partial charge in [0.15, 0.2) is 0 Å². The van der Waals surface area contributed by atoms with Crippen LogP contribution in [0.25, 0.3) is 0 Å². The van der Waals surface area contributed by atoms with Crippen LogP contribution in [0.5, 0.6) is 0 Å². The molecule has 0 radical (unpaired) electrons. The van der Waals surface area contributed by atoms with E-state index in [1.54, 1.807) is 0 Å². The molecule has 1 aliphatic heterocycles. The van der Waals surface area contributed by atoms with Crippen LogP contribution < -0.4 is 11.2 Å². The quantitative estimate of drug-likeness (QED) is 0.610. The lowest BCUT2D eigenvalue weighted by molar-refractivity contribution is 0.137. The first-order valence-corrected chi connectivity index (χ1v) is 7.00. The van der Waals surface area contributed by atoms with E-state index in [2.05, 4.69) is 4.98 Å². The van der Waals surface area contributed by atoms with Crippen molar-refractivity contribution < 1.29 is 10.2 Å². The van der Waals surface area contributed by atoms with Gasteiger partial charge in [0.25, 0.3) is 5.56 Å². The standard InChI is InChI=1S/C9H11IN2O4S/c10-4-2-12(9(16)11-8(4)15)7-1-5(14)6(3-13)17-7/h2,5-7,13-14H,1,3H2,(H,11,15,16)/t5-,6-,7+/m0/s1. The number of halogens is 1. The molecule has 0 unspecified atom stereocenters. The predicted octanol–water partition coefficient (Wildman–Crippen LogP) is -0.502. The minimum atomic E-state index is -0.633. The van der Waals surface area contributed by atoms with E-state index in [0.29, 0.717) is 9.99 Å². The summed E-state index contributed by atoms with van der Waals surface area (Å²) in [6, 6.07) is 0. The second-order valence-corrected chi connectivity index (χ2v) is 6.34. The van der Waals surface area contributed by atoms with Crippen LogP contribution in [-0.2, 0) is 0 Å². The Kier molecular flexibility index (Phi) is 3.95. The number of H-pyrrole nitrogens is 1. The molecule has 1 aromatic heterocycles. The highest BCUT2D eigenvalue weighted by Gasteiger charge is 2.34. The number of aromatic amines is 1. The summed E-state index contributed by atoms with van der Waals surface area (Å²) in [5.41, 5.74) is -0.896. The number of aromatic nitrogens is 2. The van der Waals surface area contributed by atoms with Crippen molar-refractivity contribution in [3.63, 3.8) is 0 Å². The summed E-state index contributed by atoms with van der Waals surface area (Å²) in [6.45, 7) is -0.127. The van der Waals surface area contributed by atoms with Gasteiger partial charge in [-0.2, -0.15) is 0 Å². The molecule has 3 N–H and O–H groups in total. The Morgan fingerprint density at radius 3 is 2.88 bits per heavy atom. The molecule has 3 atom stereocenters. The number of nitrogens with zero attached hydrogens (tertiary/aromatic N) is 1. The number of hydrogen-bond donors (Lipinski definition) is 3. The number of rotatable bonds is 2. The summed E-state index contributed by atoms with van der Waals surface area (Å²) in [6.07, 6.45) is 1.23. The molecule has 0 spiro atoms. The Bertz CT molecular complexity index is 528. The number of thioether (sulfide) groups is 1. The predicted molar refractivity (Wildman–Crippen MR) is 72.2 cm³/mol. The van der Waals surface area contributed by atoms with Crippen LogP contribution in [0.2, 0.25) is 0 Å². The summed E-state index contributed by atoms with van der Waals surface area (Å²) in [4.78, 5) is 25.1. The zero-order valence-corrected chi connectivity index (χ0v) is 11.6. The van der Waals surface area contributed by atoms with Crippen molar-refractivity contribution in [2.75, 3.05) is 6.61 Å². The first-order valence-electron chi connectivity index (χ1n) is 4.98. The third-order valence-corrected chi connectivity index (χ3v) is 4.93. The fraction of sp³-hybridized carbons (Fsp3) is 0.556. The Hall–Kier alpha value is -0.320. The molecule has 17 heavy (non-hydrogen) atoms. The molecule has 0 aliphatic carbocycles. The summed E-state index contributed by atoms with van der Waals surface area (Å²) in [5.74, 6) is 0. The summed E-state index contributed by atoms with van der Waals surface area (Å²) in [5, 5.41) is 18.2. The highest BCUT2D eigenvalue weighted by molar-refractivity contribution is 14.1. The van der Waals surface area contributed by atoms with Crippen LogP contribution in [0, 0.1) is 3.57 Å². The average Bonchev–Trinajstić information content (AvgIpc) is 2.65. The second-order valence-electron chi connectivity index (χ2n) is 3.76. The minimum Gasteiger partial charge on any atom is -0.395 e. The van der Waals surface area contributed by atoms with Gasteiger partial charge >= 0.3 is 5.69 Å². The maximum atomic E-state index is 11.6. The fourth-order valence-electron chi connectivity index (χ4n) is 1.72. The Morgan fingerprint density at radius 1 is 1.59 bits per heavy atom.